The van der Waals surface area contributed by atoms with Crippen molar-refractivity contribution in [3.05, 3.63) is 64.9 Å². The number of nitrogens with zero attached hydrogens (tertiary/aromatic N) is 3. The SMILES string of the molecule is COc1ccc(C(=N)/C(C)=C(/C)C(=N)N2CCN(c3ccc(C(F)(F)F)cn3)CC2)cc1. The third-order valence-electron chi connectivity index (χ3n) is 5.67. The van der Waals surface area contributed by atoms with Gasteiger partial charge >= 0.3 is 6.18 Å². The van der Waals surface area contributed by atoms with Crippen molar-refractivity contribution in [1.29, 1.82) is 10.8 Å². The number of nitrogens with one attached hydrogen (secondary N) is 2. The fourth-order valence-electron chi connectivity index (χ4n) is 3.48. The van der Waals surface area contributed by atoms with E-state index in [1.165, 1.54) is 6.07 Å². The van der Waals surface area contributed by atoms with Crippen LogP contribution in [0.25, 0.3) is 0 Å². The molecule has 1 aromatic heterocycles. The second kappa shape index (κ2) is 9.42. The standard InChI is InChI=1S/C23H26F3N5O/c1-15(21(27)17-4-7-19(32-3)8-5-17)16(2)22(28)31-12-10-30(11-13-31)20-9-6-18(14-29-20)23(24,25)26/h4-9,14,27-28H,10-13H2,1-3H3/b16-15-,27-21?,28-22?. The number of piperazine rings is 1. The minimum Gasteiger partial charge on any atom is -0.497 e. The van der Waals surface area contributed by atoms with Gasteiger partial charge in [-0.2, -0.15) is 13.2 Å². The highest BCUT2D eigenvalue weighted by Gasteiger charge is 2.31. The number of pyridine rings is 1. The number of alkyl halides is 3. The molecule has 0 amide bonds. The molecule has 0 bridgehead atoms. The average Bonchev–Trinajstić information content (AvgIpc) is 2.82. The lowest BCUT2D eigenvalue weighted by Gasteiger charge is -2.37. The molecule has 0 atom stereocenters. The van der Waals surface area contributed by atoms with Crippen molar-refractivity contribution in [1.82, 2.24) is 9.88 Å². The molecule has 1 fully saturated rings. The van der Waals surface area contributed by atoms with E-state index >= 15 is 0 Å². The minimum atomic E-state index is -4.40. The summed E-state index contributed by atoms with van der Waals surface area (Å²) in [6, 6.07) is 9.65. The van der Waals surface area contributed by atoms with Gasteiger partial charge in [0, 0.05) is 32.4 Å². The first-order valence-electron chi connectivity index (χ1n) is 10.1. The maximum absolute atomic E-state index is 12.7. The lowest BCUT2D eigenvalue weighted by atomic mass is 9.98. The summed E-state index contributed by atoms with van der Waals surface area (Å²) >= 11 is 0. The Morgan fingerprint density at radius 2 is 1.56 bits per heavy atom. The molecule has 0 aliphatic carbocycles. The Morgan fingerprint density at radius 3 is 2.06 bits per heavy atom. The molecular weight excluding hydrogens is 419 g/mol. The van der Waals surface area contributed by atoms with Crippen LogP contribution in [-0.4, -0.2) is 54.7 Å². The van der Waals surface area contributed by atoms with Gasteiger partial charge in [-0.15, -0.1) is 0 Å². The molecule has 2 N–H and O–H groups in total. The van der Waals surface area contributed by atoms with E-state index in [1.807, 2.05) is 35.8 Å². The third kappa shape index (κ3) is 5.09. The molecule has 1 aliphatic heterocycles. The van der Waals surface area contributed by atoms with Gasteiger partial charge in [0.25, 0.3) is 0 Å². The lowest BCUT2D eigenvalue weighted by Crippen LogP contribution is -2.49. The Kier molecular flexibility index (Phi) is 6.86. The summed E-state index contributed by atoms with van der Waals surface area (Å²) in [5.41, 5.74) is 1.76. The summed E-state index contributed by atoms with van der Waals surface area (Å²) in [5, 5.41) is 17.1. The number of ether oxygens (including phenoxy) is 1. The van der Waals surface area contributed by atoms with E-state index in [-0.39, 0.29) is 0 Å². The van der Waals surface area contributed by atoms with Gasteiger partial charge in [-0.05, 0) is 67.0 Å². The van der Waals surface area contributed by atoms with Gasteiger partial charge in [0.1, 0.15) is 17.4 Å². The fourth-order valence-corrected chi connectivity index (χ4v) is 3.48. The van der Waals surface area contributed by atoms with E-state index in [2.05, 4.69) is 4.98 Å². The number of benzene rings is 1. The Labute approximate surface area is 185 Å². The summed E-state index contributed by atoms with van der Waals surface area (Å²) < 4.78 is 43.4. The molecule has 3 rings (SSSR count). The Morgan fingerprint density at radius 1 is 0.938 bits per heavy atom. The third-order valence-corrected chi connectivity index (χ3v) is 5.67. The van der Waals surface area contributed by atoms with Crippen molar-refractivity contribution in [3.63, 3.8) is 0 Å². The number of rotatable bonds is 5. The molecule has 1 saturated heterocycles. The highest BCUT2D eigenvalue weighted by atomic mass is 19.4. The van der Waals surface area contributed by atoms with Crippen LogP contribution < -0.4 is 9.64 Å². The van der Waals surface area contributed by atoms with E-state index in [9.17, 15) is 13.2 Å². The lowest BCUT2D eigenvalue weighted by molar-refractivity contribution is -0.137. The second-order valence-corrected chi connectivity index (χ2v) is 7.58. The zero-order valence-corrected chi connectivity index (χ0v) is 18.3. The number of allylic oxidation sites excluding steroid dienone is 1. The maximum Gasteiger partial charge on any atom is 0.417 e. The van der Waals surface area contributed by atoms with E-state index in [1.54, 1.807) is 19.2 Å². The first-order chi connectivity index (χ1) is 15.1. The zero-order valence-electron chi connectivity index (χ0n) is 18.3. The van der Waals surface area contributed by atoms with Crippen molar-refractivity contribution >= 4 is 17.4 Å². The van der Waals surface area contributed by atoms with Crippen molar-refractivity contribution < 1.29 is 17.9 Å². The number of halogens is 3. The molecular formula is C23H26F3N5O. The molecule has 0 spiro atoms. The van der Waals surface area contributed by atoms with Crippen LogP contribution in [-0.2, 0) is 6.18 Å². The highest BCUT2D eigenvalue weighted by molar-refractivity contribution is 6.14. The normalized spacial score (nSPS) is 15.3. The number of amidine groups is 1. The molecule has 1 aromatic carbocycles. The van der Waals surface area contributed by atoms with Crippen LogP contribution in [0.1, 0.15) is 25.0 Å². The van der Waals surface area contributed by atoms with E-state index in [4.69, 9.17) is 15.6 Å². The van der Waals surface area contributed by atoms with Gasteiger partial charge < -0.3 is 14.5 Å². The quantitative estimate of drug-likeness (QED) is 0.521. The molecule has 0 radical (unpaired) electrons. The number of hydrogen-bond acceptors (Lipinski definition) is 5. The molecule has 32 heavy (non-hydrogen) atoms. The molecule has 2 aromatic rings. The highest BCUT2D eigenvalue weighted by Crippen LogP contribution is 2.29. The summed E-state index contributed by atoms with van der Waals surface area (Å²) in [6.07, 6.45) is -3.55. The van der Waals surface area contributed by atoms with E-state index in [0.29, 0.717) is 60.4 Å². The van der Waals surface area contributed by atoms with Gasteiger partial charge in [0.05, 0.1) is 18.4 Å². The first kappa shape index (κ1) is 23.3. The number of anilines is 1. The topological polar surface area (TPSA) is 76.3 Å². The van der Waals surface area contributed by atoms with Crippen LogP contribution in [0.15, 0.2) is 53.7 Å². The van der Waals surface area contributed by atoms with E-state index in [0.717, 1.165) is 17.8 Å². The van der Waals surface area contributed by atoms with Crippen LogP contribution in [0, 0.1) is 10.8 Å². The Balaban J connectivity index is 1.64. The number of hydrogen-bond donors (Lipinski definition) is 2. The predicted octanol–water partition coefficient (Wildman–Crippen LogP) is 4.61. The van der Waals surface area contributed by atoms with Gasteiger partial charge in [-0.25, -0.2) is 4.98 Å². The van der Waals surface area contributed by atoms with Crippen LogP contribution >= 0.6 is 0 Å². The molecule has 2 heterocycles. The summed E-state index contributed by atoms with van der Waals surface area (Å²) in [4.78, 5) is 7.79. The molecule has 0 unspecified atom stereocenters. The van der Waals surface area contributed by atoms with Crippen molar-refractivity contribution in [2.45, 2.75) is 20.0 Å². The largest absolute Gasteiger partial charge is 0.497 e. The second-order valence-electron chi connectivity index (χ2n) is 7.58. The van der Waals surface area contributed by atoms with Gasteiger partial charge in [0.2, 0.25) is 0 Å². The van der Waals surface area contributed by atoms with Crippen molar-refractivity contribution in [2.24, 2.45) is 0 Å². The van der Waals surface area contributed by atoms with E-state index < -0.39 is 11.7 Å². The minimum absolute atomic E-state index is 0.348. The van der Waals surface area contributed by atoms with Crippen LogP contribution in [0.5, 0.6) is 5.75 Å². The summed E-state index contributed by atoms with van der Waals surface area (Å²) in [5.74, 6) is 1.56. The summed E-state index contributed by atoms with van der Waals surface area (Å²) in [6.45, 7) is 5.84. The fraction of sp³-hybridized carbons (Fsp3) is 0.348. The molecule has 6 nitrogen and oxygen atoms in total. The Hall–Kier alpha value is -3.36. The predicted molar refractivity (Wildman–Crippen MR) is 119 cm³/mol. The Bertz CT molecular complexity index is 1010. The number of methoxy groups -OCH3 is 1. The zero-order chi connectivity index (χ0) is 23.5. The summed E-state index contributed by atoms with van der Waals surface area (Å²) in [7, 11) is 1.59. The van der Waals surface area contributed by atoms with Gasteiger partial charge in [-0.3, -0.25) is 10.8 Å². The molecule has 170 valence electrons. The van der Waals surface area contributed by atoms with Crippen LogP contribution in [0.3, 0.4) is 0 Å². The molecule has 1 aliphatic rings. The van der Waals surface area contributed by atoms with Crippen molar-refractivity contribution in [2.75, 3.05) is 38.2 Å². The molecule has 9 heteroatoms. The average molecular weight is 445 g/mol. The smallest absolute Gasteiger partial charge is 0.417 e. The van der Waals surface area contributed by atoms with Crippen LogP contribution in [0.4, 0.5) is 19.0 Å². The van der Waals surface area contributed by atoms with Crippen LogP contribution in [0.2, 0.25) is 0 Å². The monoisotopic (exact) mass is 445 g/mol. The first-order valence-corrected chi connectivity index (χ1v) is 10.1. The number of aromatic nitrogens is 1. The molecule has 0 saturated carbocycles. The maximum atomic E-state index is 12.7. The van der Waals surface area contributed by atoms with Gasteiger partial charge in [0.15, 0.2) is 0 Å². The van der Waals surface area contributed by atoms with Gasteiger partial charge in [-0.1, -0.05) is 0 Å². The van der Waals surface area contributed by atoms with Crippen molar-refractivity contribution in [3.8, 4) is 5.75 Å².